The van der Waals surface area contributed by atoms with Crippen LogP contribution in [0.3, 0.4) is 0 Å². The third-order valence-corrected chi connectivity index (χ3v) is 5.37. The Morgan fingerprint density at radius 2 is 1.66 bits per heavy atom. The Morgan fingerprint density at radius 3 is 2.25 bits per heavy atom. The van der Waals surface area contributed by atoms with Crippen molar-refractivity contribution in [1.29, 1.82) is 0 Å². The molecule has 0 saturated heterocycles. The van der Waals surface area contributed by atoms with Gasteiger partial charge in [-0.05, 0) is 66.4 Å². The van der Waals surface area contributed by atoms with Crippen LogP contribution in [-0.4, -0.2) is 31.8 Å². The molecule has 32 heavy (non-hydrogen) atoms. The van der Waals surface area contributed by atoms with Gasteiger partial charge in [0.05, 0.1) is 19.1 Å². The number of amides is 2. The molecule has 164 valence electrons. The molecule has 0 radical (unpaired) electrons. The van der Waals surface area contributed by atoms with E-state index in [1.807, 2.05) is 0 Å². The van der Waals surface area contributed by atoms with Gasteiger partial charge in [-0.15, -0.1) is 11.3 Å². The number of hydrogen-bond donors (Lipinski definition) is 2. The molecule has 0 aliphatic rings. The number of hydrogen-bond acceptors (Lipinski definition) is 6. The quantitative estimate of drug-likeness (QED) is 0.392. The van der Waals surface area contributed by atoms with Crippen molar-refractivity contribution in [1.82, 2.24) is 5.32 Å². The monoisotopic (exact) mass is 450 g/mol. The van der Waals surface area contributed by atoms with Gasteiger partial charge in [0.2, 0.25) is 0 Å². The van der Waals surface area contributed by atoms with Gasteiger partial charge in [0, 0.05) is 11.3 Å². The fraction of sp³-hybridized carbons (Fsp3) is 0.125. The van der Waals surface area contributed by atoms with Crippen molar-refractivity contribution >= 4 is 40.7 Å². The third-order valence-electron chi connectivity index (χ3n) is 4.51. The molecule has 0 aliphatic heterocycles. The van der Waals surface area contributed by atoms with Crippen molar-refractivity contribution in [2.45, 2.75) is 6.92 Å². The molecular formula is C24H22N2O5S. The van der Waals surface area contributed by atoms with Gasteiger partial charge in [0.15, 0.2) is 17.3 Å². The topological polar surface area (TPSA) is 93.7 Å². The Kier molecular flexibility index (Phi) is 7.41. The normalized spacial score (nSPS) is 10.9. The summed E-state index contributed by atoms with van der Waals surface area (Å²) in [4.78, 5) is 37.5. The first-order valence-electron chi connectivity index (χ1n) is 9.62. The van der Waals surface area contributed by atoms with Crippen molar-refractivity contribution in [3.8, 4) is 11.5 Å². The molecule has 1 aromatic heterocycles. The van der Waals surface area contributed by atoms with Crippen molar-refractivity contribution in [3.05, 3.63) is 81.7 Å². The van der Waals surface area contributed by atoms with E-state index in [1.165, 1.54) is 32.5 Å². The third kappa shape index (κ3) is 5.61. The summed E-state index contributed by atoms with van der Waals surface area (Å²) in [5, 5.41) is 7.20. The van der Waals surface area contributed by atoms with Crippen LogP contribution in [0, 0.1) is 0 Å². The maximum atomic E-state index is 13.0. The number of nitrogens with one attached hydrogen (secondary N) is 2. The van der Waals surface area contributed by atoms with E-state index in [-0.39, 0.29) is 11.5 Å². The van der Waals surface area contributed by atoms with Crippen LogP contribution in [0.15, 0.2) is 65.7 Å². The van der Waals surface area contributed by atoms with E-state index in [0.717, 1.165) is 0 Å². The molecule has 2 aromatic carbocycles. The largest absolute Gasteiger partial charge is 0.493 e. The zero-order valence-electron chi connectivity index (χ0n) is 17.8. The van der Waals surface area contributed by atoms with Gasteiger partial charge in [0.25, 0.3) is 11.8 Å². The molecule has 3 aromatic rings. The van der Waals surface area contributed by atoms with Gasteiger partial charge in [-0.1, -0.05) is 12.1 Å². The number of thiophene rings is 1. The number of Topliss-reactive ketones (excluding diaryl/α,β-unsaturated/α-hetero) is 1. The highest BCUT2D eigenvalue weighted by Crippen LogP contribution is 2.28. The summed E-state index contributed by atoms with van der Waals surface area (Å²) in [7, 11) is 3.05. The average molecular weight is 451 g/mol. The second-order valence-electron chi connectivity index (χ2n) is 6.69. The smallest absolute Gasteiger partial charge is 0.272 e. The number of anilines is 1. The van der Waals surface area contributed by atoms with Crippen LogP contribution in [0.5, 0.6) is 11.5 Å². The van der Waals surface area contributed by atoms with Crippen LogP contribution in [0.2, 0.25) is 0 Å². The number of carbonyl (C=O) groups is 3. The van der Waals surface area contributed by atoms with Crippen LogP contribution in [0.25, 0.3) is 6.08 Å². The Balaban J connectivity index is 1.90. The predicted molar refractivity (Wildman–Crippen MR) is 124 cm³/mol. The lowest BCUT2D eigenvalue weighted by atomic mass is 10.1. The summed E-state index contributed by atoms with van der Waals surface area (Å²) in [6, 6.07) is 15.1. The summed E-state index contributed by atoms with van der Waals surface area (Å²) < 4.78 is 10.6. The molecule has 1 heterocycles. The molecule has 0 saturated carbocycles. The molecule has 7 nitrogen and oxygen atoms in total. The van der Waals surface area contributed by atoms with E-state index in [2.05, 4.69) is 10.6 Å². The van der Waals surface area contributed by atoms with E-state index < -0.39 is 11.8 Å². The van der Waals surface area contributed by atoms with Crippen molar-refractivity contribution in [2.75, 3.05) is 19.5 Å². The number of ether oxygens (including phenoxy) is 2. The van der Waals surface area contributed by atoms with Gasteiger partial charge in [0.1, 0.15) is 5.70 Å². The summed E-state index contributed by atoms with van der Waals surface area (Å²) in [5.74, 6) is 0.0587. The first-order valence-corrected chi connectivity index (χ1v) is 10.5. The lowest BCUT2D eigenvalue weighted by Gasteiger charge is -2.12. The lowest BCUT2D eigenvalue weighted by molar-refractivity contribution is -0.113. The second-order valence-corrected chi connectivity index (χ2v) is 7.64. The SMILES string of the molecule is COc1ccc(C=C(NC(=O)c2cccs2)C(=O)Nc2ccc(C(C)=O)cc2)cc1OC. The average Bonchev–Trinajstić information content (AvgIpc) is 3.34. The minimum Gasteiger partial charge on any atom is -0.493 e. The Hall–Kier alpha value is -3.91. The first-order chi connectivity index (χ1) is 15.4. The standard InChI is InChI=1S/C24H22N2O5S/c1-15(27)17-7-9-18(10-8-17)25-23(28)19(26-24(29)22-5-4-12-32-22)13-16-6-11-20(30-2)21(14-16)31-3/h4-14H,1-3H3,(H,25,28)(H,26,29). The zero-order chi connectivity index (χ0) is 23.1. The fourth-order valence-corrected chi connectivity index (χ4v) is 3.46. The molecule has 0 atom stereocenters. The van der Waals surface area contributed by atoms with Crippen molar-refractivity contribution in [3.63, 3.8) is 0 Å². The molecule has 3 rings (SSSR count). The van der Waals surface area contributed by atoms with Gasteiger partial charge >= 0.3 is 0 Å². The molecule has 2 amide bonds. The predicted octanol–water partition coefficient (Wildman–Crippen LogP) is 4.38. The highest BCUT2D eigenvalue weighted by Gasteiger charge is 2.16. The highest BCUT2D eigenvalue weighted by atomic mass is 32.1. The summed E-state index contributed by atoms with van der Waals surface area (Å²) in [6.45, 7) is 1.47. The summed E-state index contributed by atoms with van der Waals surface area (Å²) >= 11 is 1.27. The van der Waals surface area contributed by atoms with Crippen molar-refractivity contribution < 1.29 is 23.9 Å². The number of carbonyl (C=O) groups excluding carboxylic acids is 3. The lowest BCUT2D eigenvalue weighted by Crippen LogP contribution is -2.30. The van der Waals surface area contributed by atoms with E-state index in [1.54, 1.807) is 66.1 Å². The van der Waals surface area contributed by atoms with Gasteiger partial charge < -0.3 is 20.1 Å². The molecule has 0 bridgehead atoms. The van der Waals surface area contributed by atoms with Gasteiger partial charge in [-0.2, -0.15) is 0 Å². The zero-order valence-corrected chi connectivity index (χ0v) is 18.6. The number of ketones is 1. The van der Waals surface area contributed by atoms with E-state index in [9.17, 15) is 14.4 Å². The van der Waals surface area contributed by atoms with E-state index in [0.29, 0.717) is 33.2 Å². The van der Waals surface area contributed by atoms with Crippen LogP contribution in [0.1, 0.15) is 32.5 Å². The maximum Gasteiger partial charge on any atom is 0.272 e. The number of rotatable bonds is 8. The molecule has 0 spiro atoms. The molecule has 8 heteroatoms. The summed E-state index contributed by atoms with van der Waals surface area (Å²) in [6.07, 6.45) is 1.55. The molecule has 0 fully saturated rings. The summed E-state index contributed by atoms with van der Waals surface area (Å²) in [5.41, 5.74) is 1.70. The van der Waals surface area contributed by atoms with Crippen LogP contribution < -0.4 is 20.1 Å². The van der Waals surface area contributed by atoms with E-state index in [4.69, 9.17) is 9.47 Å². The minimum absolute atomic E-state index is 0.0475. The minimum atomic E-state index is -0.514. The van der Waals surface area contributed by atoms with Gasteiger partial charge in [-0.3, -0.25) is 14.4 Å². The van der Waals surface area contributed by atoms with Crippen molar-refractivity contribution in [2.24, 2.45) is 0 Å². The highest BCUT2D eigenvalue weighted by molar-refractivity contribution is 7.12. The number of benzene rings is 2. The molecule has 0 aliphatic carbocycles. The number of methoxy groups -OCH3 is 2. The first kappa shape index (κ1) is 22.8. The Morgan fingerprint density at radius 1 is 0.938 bits per heavy atom. The molecule has 2 N–H and O–H groups in total. The van der Waals surface area contributed by atoms with E-state index >= 15 is 0 Å². The molecule has 0 unspecified atom stereocenters. The van der Waals surface area contributed by atoms with Gasteiger partial charge in [-0.25, -0.2) is 0 Å². The Bertz CT molecular complexity index is 1150. The second kappa shape index (κ2) is 10.4. The fourth-order valence-electron chi connectivity index (χ4n) is 2.85. The Labute approximate surface area is 189 Å². The molecular weight excluding hydrogens is 428 g/mol. The van der Waals surface area contributed by atoms with Crippen LogP contribution in [-0.2, 0) is 4.79 Å². The van der Waals surface area contributed by atoms with Crippen LogP contribution >= 0.6 is 11.3 Å². The van der Waals surface area contributed by atoms with Crippen LogP contribution in [0.4, 0.5) is 5.69 Å². The maximum absolute atomic E-state index is 13.0.